The second-order valence-electron chi connectivity index (χ2n) is 5.12. The molecule has 24 heavy (non-hydrogen) atoms. The predicted molar refractivity (Wildman–Crippen MR) is 87.0 cm³/mol. The second-order valence-corrected chi connectivity index (χ2v) is 5.12. The first-order valence-corrected chi connectivity index (χ1v) is 7.30. The van der Waals surface area contributed by atoms with Crippen LogP contribution in [0, 0.1) is 5.82 Å². The Morgan fingerprint density at radius 3 is 2.62 bits per heavy atom. The molecule has 122 valence electrons. The molecular weight excluding hydrogens is 313 g/mol. The molecule has 0 unspecified atom stereocenters. The van der Waals surface area contributed by atoms with Crippen LogP contribution in [0.15, 0.2) is 53.3 Å². The van der Waals surface area contributed by atoms with Crippen molar-refractivity contribution in [2.24, 2.45) is 0 Å². The van der Waals surface area contributed by atoms with Gasteiger partial charge in [0.2, 0.25) is 0 Å². The van der Waals surface area contributed by atoms with Gasteiger partial charge < -0.3 is 10.4 Å². The Kier molecular flexibility index (Phi) is 4.24. The van der Waals surface area contributed by atoms with E-state index in [4.69, 9.17) is 5.11 Å². The van der Waals surface area contributed by atoms with Crippen LogP contribution in [-0.2, 0) is 6.42 Å². The number of carboxylic acid groups (broad SMARTS) is 1. The zero-order valence-corrected chi connectivity index (χ0v) is 12.6. The summed E-state index contributed by atoms with van der Waals surface area (Å²) in [4.78, 5) is 27.7. The smallest absolute Gasteiger partial charge is 0.404 e. The molecule has 1 amide bonds. The maximum Gasteiger partial charge on any atom is 0.404 e. The van der Waals surface area contributed by atoms with Gasteiger partial charge in [-0.3, -0.25) is 9.36 Å². The molecule has 3 rings (SSSR count). The van der Waals surface area contributed by atoms with Crippen molar-refractivity contribution in [2.45, 2.75) is 6.42 Å². The molecule has 0 aliphatic carbocycles. The third-order valence-electron chi connectivity index (χ3n) is 3.56. The summed E-state index contributed by atoms with van der Waals surface area (Å²) in [6.45, 7) is 0.0641. The molecule has 0 saturated carbocycles. The SMILES string of the molecule is O=C(O)NCCc1nc2c(F)cccc2c(=O)n1-c1ccccc1. The van der Waals surface area contributed by atoms with Crippen LogP contribution in [-0.4, -0.2) is 27.3 Å². The Balaban J connectivity index is 2.20. The number of amides is 1. The highest BCUT2D eigenvalue weighted by atomic mass is 19.1. The van der Waals surface area contributed by atoms with Gasteiger partial charge in [0.1, 0.15) is 17.2 Å². The van der Waals surface area contributed by atoms with Gasteiger partial charge in [0, 0.05) is 13.0 Å². The molecule has 2 N–H and O–H groups in total. The van der Waals surface area contributed by atoms with Gasteiger partial charge in [0.15, 0.2) is 0 Å². The standard InChI is InChI=1S/C17H14FN3O3/c18-13-8-4-7-12-15(13)20-14(9-10-19-17(23)24)21(16(12)22)11-5-2-1-3-6-11/h1-8,19H,9-10H2,(H,23,24). The van der Waals surface area contributed by atoms with Crippen molar-refractivity contribution >= 4 is 17.0 Å². The van der Waals surface area contributed by atoms with Gasteiger partial charge in [-0.1, -0.05) is 24.3 Å². The van der Waals surface area contributed by atoms with E-state index in [9.17, 15) is 14.0 Å². The van der Waals surface area contributed by atoms with Crippen LogP contribution in [0.25, 0.3) is 16.6 Å². The van der Waals surface area contributed by atoms with E-state index in [0.29, 0.717) is 5.69 Å². The number of nitrogens with one attached hydrogen (secondary N) is 1. The number of benzene rings is 2. The summed E-state index contributed by atoms with van der Waals surface area (Å²) in [5, 5.41) is 11.1. The Labute approximate surface area is 136 Å². The molecule has 0 saturated heterocycles. The molecular formula is C17H14FN3O3. The van der Waals surface area contributed by atoms with Gasteiger partial charge in [-0.15, -0.1) is 0 Å². The van der Waals surface area contributed by atoms with Gasteiger partial charge >= 0.3 is 6.09 Å². The van der Waals surface area contributed by atoms with Crippen molar-refractivity contribution < 1.29 is 14.3 Å². The molecule has 2 aromatic carbocycles. The summed E-state index contributed by atoms with van der Waals surface area (Å²) in [6, 6.07) is 13.1. The predicted octanol–water partition coefficient (Wildman–Crippen LogP) is 2.33. The first kappa shape index (κ1) is 15.7. The molecule has 0 radical (unpaired) electrons. The van der Waals surface area contributed by atoms with E-state index in [1.54, 1.807) is 24.3 Å². The van der Waals surface area contributed by atoms with Crippen molar-refractivity contribution in [3.8, 4) is 5.69 Å². The molecule has 0 fully saturated rings. The Morgan fingerprint density at radius 2 is 1.92 bits per heavy atom. The number of para-hydroxylation sites is 2. The van der Waals surface area contributed by atoms with Gasteiger partial charge in [-0.2, -0.15) is 0 Å². The van der Waals surface area contributed by atoms with E-state index in [2.05, 4.69) is 10.3 Å². The van der Waals surface area contributed by atoms with Crippen LogP contribution in [0.3, 0.4) is 0 Å². The van der Waals surface area contributed by atoms with Crippen LogP contribution >= 0.6 is 0 Å². The van der Waals surface area contributed by atoms with E-state index in [-0.39, 0.29) is 29.7 Å². The molecule has 0 aliphatic rings. The fraction of sp³-hybridized carbons (Fsp3) is 0.118. The number of halogens is 1. The summed E-state index contributed by atoms with van der Waals surface area (Å²) < 4.78 is 15.4. The van der Waals surface area contributed by atoms with Gasteiger partial charge in [0.25, 0.3) is 5.56 Å². The highest BCUT2D eigenvalue weighted by Gasteiger charge is 2.15. The lowest BCUT2D eigenvalue weighted by Gasteiger charge is -2.14. The third-order valence-corrected chi connectivity index (χ3v) is 3.56. The highest BCUT2D eigenvalue weighted by Crippen LogP contribution is 2.16. The Bertz CT molecular complexity index is 954. The number of fused-ring (bicyclic) bond motifs is 1. The molecule has 6 nitrogen and oxygen atoms in total. The molecule has 1 aromatic heterocycles. The third kappa shape index (κ3) is 2.96. The quantitative estimate of drug-likeness (QED) is 0.770. The lowest BCUT2D eigenvalue weighted by atomic mass is 10.2. The van der Waals surface area contributed by atoms with E-state index < -0.39 is 17.5 Å². The number of aromatic nitrogens is 2. The first-order valence-electron chi connectivity index (χ1n) is 7.30. The largest absolute Gasteiger partial charge is 0.465 e. The van der Waals surface area contributed by atoms with E-state index in [1.807, 2.05) is 6.07 Å². The average Bonchev–Trinajstić information content (AvgIpc) is 2.56. The summed E-state index contributed by atoms with van der Waals surface area (Å²) in [7, 11) is 0. The van der Waals surface area contributed by atoms with E-state index >= 15 is 0 Å². The number of rotatable bonds is 4. The van der Waals surface area contributed by atoms with Crippen molar-refractivity contribution in [3.63, 3.8) is 0 Å². The minimum Gasteiger partial charge on any atom is -0.465 e. The zero-order valence-electron chi connectivity index (χ0n) is 12.6. The second kappa shape index (κ2) is 6.49. The fourth-order valence-corrected chi connectivity index (χ4v) is 2.51. The molecule has 7 heteroatoms. The lowest BCUT2D eigenvalue weighted by molar-refractivity contribution is 0.194. The van der Waals surface area contributed by atoms with Crippen LogP contribution in [0.2, 0.25) is 0 Å². The van der Waals surface area contributed by atoms with Gasteiger partial charge in [0.05, 0.1) is 11.1 Å². The number of carbonyl (C=O) groups is 1. The van der Waals surface area contributed by atoms with Gasteiger partial charge in [-0.05, 0) is 24.3 Å². The minimum atomic E-state index is -1.17. The topological polar surface area (TPSA) is 84.2 Å². The first-order chi connectivity index (χ1) is 11.6. The van der Waals surface area contributed by atoms with Crippen LogP contribution in [0.1, 0.15) is 5.82 Å². The minimum absolute atomic E-state index is 0.0139. The molecule has 3 aromatic rings. The van der Waals surface area contributed by atoms with Crippen molar-refractivity contribution in [1.82, 2.24) is 14.9 Å². The van der Waals surface area contributed by atoms with Crippen LogP contribution < -0.4 is 10.9 Å². The van der Waals surface area contributed by atoms with Crippen LogP contribution in [0.5, 0.6) is 0 Å². The highest BCUT2D eigenvalue weighted by molar-refractivity contribution is 5.78. The summed E-state index contributed by atoms with van der Waals surface area (Å²) >= 11 is 0. The monoisotopic (exact) mass is 327 g/mol. The summed E-state index contributed by atoms with van der Waals surface area (Å²) in [6.07, 6.45) is -1.02. The maximum atomic E-state index is 14.0. The maximum absolute atomic E-state index is 14.0. The summed E-state index contributed by atoms with van der Waals surface area (Å²) in [5.74, 6) is -0.296. The molecule has 0 aliphatic heterocycles. The molecule has 0 bridgehead atoms. The lowest BCUT2D eigenvalue weighted by Crippen LogP contribution is -2.29. The van der Waals surface area contributed by atoms with Crippen molar-refractivity contribution in [3.05, 3.63) is 70.5 Å². The number of nitrogens with zero attached hydrogens (tertiary/aromatic N) is 2. The Hall–Kier alpha value is -3.22. The Morgan fingerprint density at radius 1 is 1.17 bits per heavy atom. The normalized spacial score (nSPS) is 10.7. The fourth-order valence-electron chi connectivity index (χ4n) is 2.51. The zero-order chi connectivity index (χ0) is 17.1. The number of hydrogen-bond acceptors (Lipinski definition) is 3. The average molecular weight is 327 g/mol. The van der Waals surface area contributed by atoms with E-state index in [1.165, 1.54) is 22.8 Å². The van der Waals surface area contributed by atoms with Crippen molar-refractivity contribution in [1.29, 1.82) is 0 Å². The number of hydrogen-bond donors (Lipinski definition) is 2. The van der Waals surface area contributed by atoms with E-state index in [0.717, 1.165) is 0 Å². The van der Waals surface area contributed by atoms with Gasteiger partial charge in [-0.25, -0.2) is 14.2 Å². The molecule has 1 heterocycles. The van der Waals surface area contributed by atoms with Crippen molar-refractivity contribution in [2.75, 3.05) is 6.54 Å². The summed E-state index contributed by atoms with van der Waals surface area (Å²) in [5.41, 5.74) is 0.183. The molecule has 0 spiro atoms. The molecule has 0 atom stereocenters. The van der Waals surface area contributed by atoms with Crippen LogP contribution in [0.4, 0.5) is 9.18 Å².